The topological polar surface area (TPSA) is 103 Å². The first kappa shape index (κ1) is 22.2. The molecule has 3 aromatic rings. The lowest BCUT2D eigenvalue weighted by Gasteiger charge is -2.15. The van der Waals surface area contributed by atoms with Crippen molar-refractivity contribution in [2.45, 2.75) is 36.8 Å². The van der Waals surface area contributed by atoms with Crippen LogP contribution in [0.3, 0.4) is 0 Å². The number of alkyl halides is 3. The zero-order valence-corrected chi connectivity index (χ0v) is 18.4. The number of aromatic nitrogens is 5. The SMILES string of the molecule is CCS(=O)(=O)c1cc(C2CC2)c(NC)nc1-c1nnc(-c2cc(C(F)(F)F)ccn2)n1C. The molecule has 4 rings (SSSR count). The summed E-state index contributed by atoms with van der Waals surface area (Å²) in [6.07, 6.45) is -1.59. The van der Waals surface area contributed by atoms with Crippen molar-refractivity contribution in [3.8, 4) is 23.0 Å². The summed E-state index contributed by atoms with van der Waals surface area (Å²) in [6.45, 7) is 1.54. The standard InChI is InChI=1S/C20H21F3N6O2S/c1-4-32(30,31)15-10-13(11-5-6-11)17(24-2)26-16(15)19-28-27-18(29(19)3)14-9-12(7-8-25-14)20(21,22)23/h7-11H,4-6H2,1-3H3,(H,24,26). The highest BCUT2D eigenvalue weighted by atomic mass is 32.2. The molecular weight excluding hydrogens is 445 g/mol. The van der Waals surface area contributed by atoms with Crippen LogP contribution in [0.1, 0.15) is 36.8 Å². The van der Waals surface area contributed by atoms with E-state index in [9.17, 15) is 21.6 Å². The molecule has 0 bridgehead atoms. The second kappa shape index (κ2) is 7.84. The van der Waals surface area contributed by atoms with Crippen LogP contribution >= 0.6 is 0 Å². The average molecular weight is 466 g/mol. The van der Waals surface area contributed by atoms with Crippen molar-refractivity contribution in [2.24, 2.45) is 7.05 Å². The second-order valence-electron chi connectivity index (χ2n) is 7.53. The molecule has 0 saturated heterocycles. The molecule has 0 unspecified atom stereocenters. The number of hydrogen-bond acceptors (Lipinski definition) is 7. The predicted octanol–water partition coefficient (Wildman–Crippen LogP) is 3.67. The van der Waals surface area contributed by atoms with Crippen LogP contribution in [0.5, 0.6) is 0 Å². The van der Waals surface area contributed by atoms with Crippen molar-refractivity contribution in [1.82, 2.24) is 24.7 Å². The molecule has 170 valence electrons. The summed E-state index contributed by atoms with van der Waals surface area (Å²) in [6, 6.07) is 3.37. The van der Waals surface area contributed by atoms with E-state index in [0.29, 0.717) is 5.82 Å². The van der Waals surface area contributed by atoms with Gasteiger partial charge in [0.2, 0.25) is 0 Å². The van der Waals surface area contributed by atoms with Gasteiger partial charge in [0.25, 0.3) is 0 Å². The van der Waals surface area contributed by atoms with Gasteiger partial charge in [0.05, 0.1) is 16.2 Å². The average Bonchev–Trinajstić information content (AvgIpc) is 3.54. The zero-order valence-electron chi connectivity index (χ0n) is 17.6. The molecule has 3 heterocycles. The first-order valence-corrected chi connectivity index (χ1v) is 11.6. The van der Waals surface area contributed by atoms with Gasteiger partial charge in [-0.2, -0.15) is 13.2 Å². The van der Waals surface area contributed by atoms with Crippen molar-refractivity contribution in [3.05, 3.63) is 35.5 Å². The fourth-order valence-corrected chi connectivity index (χ4v) is 4.50. The van der Waals surface area contributed by atoms with Crippen molar-refractivity contribution in [1.29, 1.82) is 0 Å². The molecule has 32 heavy (non-hydrogen) atoms. The van der Waals surface area contributed by atoms with E-state index in [-0.39, 0.29) is 39.6 Å². The normalized spacial score (nSPS) is 14.6. The van der Waals surface area contributed by atoms with Gasteiger partial charge < -0.3 is 9.88 Å². The molecule has 0 spiro atoms. The molecular formula is C20H21F3N6O2S. The molecule has 1 fully saturated rings. The van der Waals surface area contributed by atoms with E-state index in [1.54, 1.807) is 13.1 Å². The second-order valence-corrected chi connectivity index (χ2v) is 9.78. The van der Waals surface area contributed by atoms with Crippen molar-refractivity contribution in [3.63, 3.8) is 0 Å². The van der Waals surface area contributed by atoms with E-state index < -0.39 is 21.6 Å². The molecule has 1 N–H and O–H groups in total. The third-order valence-electron chi connectivity index (χ3n) is 5.39. The molecule has 8 nitrogen and oxygen atoms in total. The van der Waals surface area contributed by atoms with Crippen molar-refractivity contribution < 1.29 is 21.6 Å². The summed E-state index contributed by atoms with van der Waals surface area (Å²) in [7, 11) is -0.437. The quantitative estimate of drug-likeness (QED) is 0.591. The third kappa shape index (κ3) is 3.94. The van der Waals surface area contributed by atoms with E-state index in [2.05, 4.69) is 25.5 Å². The molecule has 0 aromatic carbocycles. The number of nitrogens with one attached hydrogen (secondary N) is 1. The maximum atomic E-state index is 13.1. The lowest BCUT2D eigenvalue weighted by molar-refractivity contribution is -0.137. The van der Waals surface area contributed by atoms with E-state index in [1.807, 2.05) is 0 Å². The van der Waals surface area contributed by atoms with Crippen LogP contribution < -0.4 is 5.32 Å². The Balaban J connectivity index is 1.89. The van der Waals surface area contributed by atoms with Gasteiger partial charge in [-0.3, -0.25) is 4.98 Å². The lowest BCUT2D eigenvalue weighted by Crippen LogP contribution is -2.12. The van der Waals surface area contributed by atoms with Crippen LogP contribution in [0.15, 0.2) is 29.3 Å². The van der Waals surface area contributed by atoms with E-state index >= 15 is 0 Å². The van der Waals surface area contributed by atoms with Gasteiger partial charge in [-0.1, -0.05) is 6.92 Å². The summed E-state index contributed by atoms with van der Waals surface area (Å²) in [5.74, 6) is 0.827. The number of pyridine rings is 2. The largest absolute Gasteiger partial charge is 0.416 e. The first-order valence-electron chi connectivity index (χ1n) is 9.95. The Kier molecular flexibility index (Phi) is 5.43. The zero-order chi connectivity index (χ0) is 23.3. The smallest absolute Gasteiger partial charge is 0.373 e. The van der Waals surface area contributed by atoms with Crippen LogP contribution in [-0.2, 0) is 23.1 Å². The van der Waals surface area contributed by atoms with Gasteiger partial charge in [0.15, 0.2) is 21.5 Å². The minimum absolute atomic E-state index is 0.0277. The summed E-state index contributed by atoms with van der Waals surface area (Å²) in [5, 5.41) is 11.1. The molecule has 1 aliphatic carbocycles. The Labute approximate surface area is 182 Å². The van der Waals surface area contributed by atoms with Crippen LogP contribution in [0.25, 0.3) is 23.0 Å². The number of nitrogens with zero attached hydrogens (tertiary/aromatic N) is 5. The van der Waals surface area contributed by atoms with Crippen LogP contribution in [-0.4, -0.2) is 46.0 Å². The first-order chi connectivity index (χ1) is 15.1. The van der Waals surface area contributed by atoms with Crippen LogP contribution in [0, 0.1) is 0 Å². The highest BCUT2D eigenvalue weighted by Gasteiger charge is 2.33. The Bertz CT molecular complexity index is 1280. The Morgan fingerprint density at radius 3 is 2.47 bits per heavy atom. The summed E-state index contributed by atoms with van der Waals surface area (Å²) < 4.78 is 66.5. The van der Waals surface area contributed by atoms with Gasteiger partial charge in [-0.05, 0) is 42.5 Å². The van der Waals surface area contributed by atoms with Crippen molar-refractivity contribution >= 4 is 15.7 Å². The summed E-state index contributed by atoms with van der Waals surface area (Å²) in [5.41, 5.74) is 0.00846. The van der Waals surface area contributed by atoms with Gasteiger partial charge in [-0.25, -0.2) is 13.4 Å². The summed E-state index contributed by atoms with van der Waals surface area (Å²) >= 11 is 0. The highest BCUT2D eigenvalue weighted by molar-refractivity contribution is 7.91. The number of halogens is 3. The third-order valence-corrected chi connectivity index (χ3v) is 7.13. The minimum Gasteiger partial charge on any atom is -0.373 e. The molecule has 12 heteroatoms. The minimum atomic E-state index is -4.54. The molecule has 1 aliphatic rings. The highest BCUT2D eigenvalue weighted by Crippen LogP contribution is 2.45. The van der Waals surface area contributed by atoms with E-state index in [1.165, 1.54) is 18.5 Å². The maximum absolute atomic E-state index is 13.1. The Morgan fingerprint density at radius 1 is 1.19 bits per heavy atom. The molecule has 3 aromatic heterocycles. The molecule has 0 atom stereocenters. The number of rotatable bonds is 6. The van der Waals surface area contributed by atoms with E-state index in [4.69, 9.17) is 0 Å². The summed E-state index contributed by atoms with van der Waals surface area (Å²) in [4.78, 5) is 8.56. The number of sulfone groups is 1. The van der Waals surface area contributed by atoms with Gasteiger partial charge in [-0.15, -0.1) is 10.2 Å². The molecule has 0 amide bonds. The Hall–Kier alpha value is -3.02. The van der Waals surface area contributed by atoms with Crippen LogP contribution in [0.4, 0.5) is 19.0 Å². The van der Waals surface area contributed by atoms with Gasteiger partial charge in [0, 0.05) is 20.3 Å². The van der Waals surface area contributed by atoms with Gasteiger partial charge in [0.1, 0.15) is 17.2 Å². The number of hydrogen-bond donors (Lipinski definition) is 1. The number of anilines is 1. The molecule has 1 saturated carbocycles. The fourth-order valence-electron chi connectivity index (χ4n) is 3.46. The predicted molar refractivity (Wildman–Crippen MR) is 112 cm³/mol. The van der Waals surface area contributed by atoms with Gasteiger partial charge >= 0.3 is 6.18 Å². The van der Waals surface area contributed by atoms with Crippen molar-refractivity contribution in [2.75, 3.05) is 18.1 Å². The van der Waals surface area contributed by atoms with Crippen LogP contribution in [0.2, 0.25) is 0 Å². The maximum Gasteiger partial charge on any atom is 0.416 e. The van der Waals surface area contributed by atoms with E-state index in [0.717, 1.165) is 36.7 Å². The fraction of sp³-hybridized carbons (Fsp3) is 0.400. The molecule has 0 aliphatic heterocycles. The monoisotopic (exact) mass is 466 g/mol. The lowest BCUT2D eigenvalue weighted by atomic mass is 10.1. The Morgan fingerprint density at radius 2 is 1.88 bits per heavy atom. The molecule has 0 radical (unpaired) electrons.